The molecule has 2 unspecified atom stereocenters. The quantitative estimate of drug-likeness (QED) is 0.864. The van der Waals surface area contributed by atoms with Crippen molar-refractivity contribution in [2.24, 2.45) is 5.92 Å². The predicted octanol–water partition coefficient (Wildman–Crippen LogP) is 3.62. The molecule has 0 spiro atoms. The van der Waals surface area contributed by atoms with Crippen LogP contribution in [0.2, 0.25) is 5.22 Å². The molecule has 5 heteroatoms. The van der Waals surface area contributed by atoms with Gasteiger partial charge in [-0.2, -0.15) is 0 Å². The Balaban J connectivity index is 1.82. The van der Waals surface area contributed by atoms with Gasteiger partial charge in [0.2, 0.25) is 5.22 Å². The van der Waals surface area contributed by atoms with Gasteiger partial charge in [-0.1, -0.05) is 22.4 Å². The number of carbonyl (C=O) groups excluding carboxylic acids is 1. The van der Waals surface area contributed by atoms with Crippen LogP contribution in [-0.2, 0) is 0 Å². The third-order valence-corrected chi connectivity index (χ3v) is 4.26. The molecule has 1 aliphatic rings. The SMILES string of the molecule is O=C(NCC1CCCC(Br)C1)c1ccoc1Cl. The molecule has 1 aliphatic carbocycles. The predicted molar refractivity (Wildman–Crippen MR) is 70.7 cm³/mol. The van der Waals surface area contributed by atoms with E-state index in [9.17, 15) is 4.79 Å². The van der Waals surface area contributed by atoms with Crippen LogP contribution in [0.1, 0.15) is 36.0 Å². The van der Waals surface area contributed by atoms with Crippen molar-refractivity contribution in [3.05, 3.63) is 23.1 Å². The molecular formula is C12H15BrClNO2. The van der Waals surface area contributed by atoms with E-state index in [2.05, 4.69) is 21.2 Å². The van der Waals surface area contributed by atoms with Gasteiger partial charge >= 0.3 is 0 Å². The van der Waals surface area contributed by atoms with E-state index in [4.69, 9.17) is 16.0 Å². The molecule has 1 fully saturated rings. The summed E-state index contributed by atoms with van der Waals surface area (Å²) in [6, 6.07) is 1.59. The Bertz CT molecular complexity index is 394. The van der Waals surface area contributed by atoms with E-state index in [1.807, 2.05) is 0 Å². The maximum Gasteiger partial charge on any atom is 0.256 e. The van der Waals surface area contributed by atoms with Gasteiger partial charge in [0.25, 0.3) is 5.91 Å². The highest BCUT2D eigenvalue weighted by atomic mass is 79.9. The van der Waals surface area contributed by atoms with Gasteiger partial charge < -0.3 is 9.73 Å². The summed E-state index contributed by atoms with van der Waals surface area (Å²) in [6.45, 7) is 0.711. The van der Waals surface area contributed by atoms with Gasteiger partial charge in [0.05, 0.1) is 11.8 Å². The molecule has 0 saturated heterocycles. The molecule has 0 aromatic carbocycles. The van der Waals surface area contributed by atoms with Gasteiger partial charge in [-0.15, -0.1) is 0 Å². The van der Waals surface area contributed by atoms with Crippen molar-refractivity contribution < 1.29 is 9.21 Å². The second kappa shape index (κ2) is 5.91. The van der Waals surface area contributed by atoms with E-state index in [1.165, 1.54) is 25.5 Å². The highest BCUT2D eigenvalue weighted by Gasteiger charge is 2.21. The van der Waals surface area contributed by atoms with E-state index < -0.39 is 0 Å². The first kappa shape index (κ1) is 13.0. The minimum Gasteiger partial charge on any atom is -0.452 e. The molecule has 2 atom stereocenters. The van der Waals surface area contributed by atoms with Gasteiger partial charge in [-0.3, -0.25) is 4.79 Å². The van der Waals surface area contributed by atoms with Crippen LogP contribution in [0.25, 0.3) is 0 Å². The van der Waals surface area contributed by atoms with Gasteiger partial charge in [-0.05, 0) is 42.8 Å². The van der Waals surface area contributed by atoms with Crippen molar-refractivity contribution in [2.75, 3.05) is 6.54 Å². The molecule has 2 rings (SSSR count). The monoisotopic (exact) mass is 319 g/mol. The molecule has 0 radical (unpaired) electrons. The number of furan rings is 1. The third kappa shape index (κ3) is 3.49. The molecule has 1 aromatic heterocycles. The number of carbonyl (C=O) groups is 1. The molecule has 1 N–H and O–H groups in total. The molecule has 1 amide bonds. The van der Waals surface area contributed by atoms with Crippen LogP contribution in [0, 0.1) is 5.92 Å². The number of rotatable bonds is 3. The highest BCUT2D eigenvalue weighted by molar-refractivity contribution is 9.09. The van der Waals surface area contributed by atoms with E-state index in [-0.39, 0.29) is 11.1 Å². The van der Waals surface area contributed by atoms with Crippen LogP contribution in [-0.4, -0.2) is 17.3 Å². The molecule has 1 saturated carbocycles. The normalized spacial score (nSPS) is 24.6. The van der Waals surface area contributed by atoms with Crippen molar-refractivity contribution in [3.8, 4) is 0 Å². The fourth-order valence-corrected chi connectivity index (χ4v) is 3.25. The lowest BCUT2D eigenvalue weighted by Gasteiger charge is -2.25. The van der Waals surface area contributed by atoms with Crippen molar-refractivity contribution in [1.29, 1.82) is 0 Å². The van der Waals surface area contributed by atoms with E-state index >= 15 is 0 Å². The van der Waals surface area contributed by atoms with E-state index in [1.54, 1.807) is 6.07 Å². The Morgan fingerprint density at radius 2 is 2.41 bits per heavy atom. The van der Waals surface area contributed by atoms with Crippen LogP contribution < -0.4 is 5.32 Å². The van der Waals surface area contributed by atoms with Crippen LogP contribution in [0.4, 0.5) is 0 Å². The largest absolute Gasteiger partial charge is 0.452 e. The third-order valence-electron chi connectivity index (χ3n) is 3.13. The lowest BCUT2D eigenvalue weighted by Crippen LogP contribution is -2.31. The average molecular weight is 321 g/mol. The minimum atomic E-state index is -0.152. The van der Waals surface area contributed by atoms with Gasteiger partial charge in [-0.25, -0.2) is 0 Å². The van der Waals surface area contributed by atoms with Crippen LogP contribution in [0.3, 0.4) is 0 Å². The number of alkyl halides is 1. The minimum absolute atomic E-state index is 0.152. The lowest BCUT2D eigenvalue weighted by molar-refractivity contribution is 0.0943. The van der Waals surface area contributed by atoms with E-state index in [0.717, 1.165) is 6.42 Å². The van der Waals surface area contributed by atoms with Crippen molar-refractivity contribution in [3.63, 3.8) is 0 Å². The lowest BCUT2D eigenvalue weighted by atomic mass is 9.89. The molecule has 0 bridgehead atoms. The number of hydrogen-bond donors (Lipinski definition) is 1. The summed E-state index contributed by atoms with van der Waals surface area (Å²) in [5.41, 5.74) is 0.415. The molecule has 1 heterocycles. The Morgan fingerprint density at radius 1 is 1.59 bits per heavy atom. The first-order valence-corrected chi connectivity index (χ1v) is 7.11. The summed E-state index contributed by atoms with van der Waals surface area (Å²) in [6.07, 6.45) is 6.19. The summed E-state index contributed by atoms with van der Waals surface area (Å²) in [5.74, 6) is 0.406. The zero-order valence-corrected chi connectivity index (χ0v) is 11.8. The summed E-state index contributed by atoms with van der Waals surface area (Å²) >= 11 is 9.38. The van der Waals surface area contributed by atoms with Crippen molar-refractivity contribution in [2.45, 2.75) is 30.5 Å². The number of amides is 1. The molecule has 94 valence electrons. The molecule has 17 heavy (non-hydrogen) atoms. The summed E-state index contributed by atoms with van der Waals surface area (Å²) in [7, 11) is 0. The second-order valence-corrected chi connectivity index (χ2v) is 6.09. The van der Waals surface area contributed by atoms with Crippen LogP contribution in [0.15, 0.2) is 16.7 Å². The number of hydrogen-bond acceptors (Lipinski definition) is 2. The Labute approximate surface area is 114 Å². The van der Waals surface area contributed by atoms with E-state index in [0.29, 0.717) is 22.9 Å². The molecule has 1 aromatic rings. The number of nitrogens with one attached hydrogen (secondary N) is 1. The fraction of sp³-hybridized carbons (Fsp3) is 0.583. The zero-order chi connectivity index (χ0) is 12.3. The maximum absolute atomic E-state index is 11.8. The first-order chi connectivity index (χ1) is 8.16. The average Bonchev–Trinajstić information content (AvgIpc) is 2.72. The van der Waals surface area contributed by atoms with Crippen LogP contribution in [0.5, 0.6) is 0 Å². The fourth-order valence-electron chi connectivity index (χ4n) is 2.20. The second-order valence-electron chi connectivity index (χ2n) is 4.45. The van der Waals surface area contributed by atoms with Gasteiger partial charge in [0.15, 0.2) is 0 Å². The Morgan fingerprint density at radius 3 is 3.06 bits per heavy atom. The molecule has 0 aliphatic heterocycles. The summed E-state index contributed by atoms with van der Waals surface area (Å²) < 4.78 is 4.89. The van der Waals surface area contributed by atoms with Gasteiger partial charge in [0, 0.05) is 11.4 Å². The number of halogens is 2. The highest BCUT2D eigenvalue weighted by Crippen LogP contribution is 2.28. The first-order valence-electron chi connectivity index (χ1n) is 5.82. The smallest absolute Gasteiger partial charge is 0.256 e. The summed E-state index contributed by atoms with van der Waals surface area (Å²) in [5, 5.41) is 3.07. The van der Waals surface area contributed by atoms with Gasteiger partial charge in [0.1, 0.15) is 0 Å². The topological polar surface area (TPSA) is 42.2 Å². The maximum atomic E-state index is 11.8. The molecule has 3 nitrogen and oxygen atoms in total. The Kier molecular flexibility index (Phi) is 4.51. The standard InChI is InChI=1S/C12H15BrClNO2/c13-9-3-1-2-8(6-9)7-15-12(16)10-4-5-17-11(10)14/h4-5,8-9H,1-3,6-7H2,(H,15,16). The van der Waals surface area contributed by atoms with Crippen molar-refractivity contribution >= 4 is 33.4 Å². The van der Waals surface area contributed by atoms with Crippen molar-refractivity contribution in [1.82, 2.24) is 5.32 Å². The zero-order valence-electron chi connectivity index (χ0n) is 9.42. The Hall–Kier alpha value is -0.480. The summed E-state index contributed by atoms with van der Waals surface area (Å²) in [4.78, 5) is 12.4. The van der Waals surface area contributed by atoms with Crippen LogP contribution >= 0.6 is 27.5 Å². The molecular weight excluding hydrogens is 305 g/mol.